The molecule has 1 saturated heterocycles. The van der Waals surface area contributed by atoms with E-state index in [-0.39, 0.29) is 0 Å². The van der Waals surface area contributed by atoms with E-state index in [2.05, 4.69) is 23.8 Å². The lowest BCUT2D eigenvalue weighted by Crippen LogP contribution is -2.48. The maximum atomic E-state index is 6.41. The lowest BCUT2D eigenvalue weighted by Gasteiger charge is -2.40. The molecule has 1 aromatic heterocycles. The number of aryl methyl sites for hydroxylation is 2. The van der Waals surface area contributed by atoms with Crippen molar-refractivity contribution in [1.29, 1.82) is 0 Å². The third kappa shape index (κ3) is 2.96. The topological polar surface area (TPSA) is 47.1 Å². The largest absolute Gasteiger partial charge is 0.329 e. The summed E-state index contributed by atoms with van der Waals surface area (Å²) in [7, 11) is 0. The molecule has 19 heavy (non-hydrogen) atoms. The van der Waals surface area contributed by atoms with Crippen LogP contribution in [-0.4, -0.2) is 33.3 Å². The van der Waals surface area contributed by atoms with Gasteiger partial charge in [-0.1, -0.05) is 18.0 Å². The van der Waals surface area contributed by atoms with Gasteiger partial charge in [-0.25, -0.2) is 0 Å². The van der Waals surface area contributed by atoms with Crippen molar-refractivity contribution in [3.05, 3.63) is 16.4 Å². The van der Waals surface area contributed by atoms with E-state index >= 15 is 0 Å². The van der Waals surface area contributed by atoms with Crippen LogP contribution < -0.4 is 5.73 Å². The fourth-order valence-electron chi connectivity index (χ4n) is 3.07. The minimum absolute atomic E-state index is 0.473. The van der Waals surface area contributed by atoms with E-state index in [9.17, 15) is 0 Å². The Morgan fingerprint density at radius 3 is 2.79 bits per heavy atom. The van der Waals surface area contributed by atoms with Crippen molar-refractivity contribution in [1.82, 2.24) is 14.7 Å². The highest BCUT2D eigenvalue weighted by Gasteiger charge is 2.28. The predicted octanol–water partition coefficient (Wildman–Crippen LogP) is 2.57. The van der Waals surface area contributed by atoms with E-state index < -0.39 is 0 Å². The van der Waals surface area contributed by atoms with Crippen LogP contribution in [0, 0.1) is 6.92 Å². The van der Waals surface area contributed by atoms with Crippen LogP contribution in [0.2, 0.25) is 5.02 Å². The summed E-state index contributed by atoms with van der Waals surface area (Å²) >= 11 is 6.41. The molecule has 0 bridgehead atoms. The summed E-state index contributed by atoms with van der Waals surface area (Å²) in [4.78, 5) is 2.50. The summed E-state index contributed by atoms with van der Waals surface area (Å²) < 4.78 is 2.02. The van der Waals surface area contributed by atoms with Crippen LogP contribution in [0.4, 0.5) is 0 Å². The Bertz CT molecular complexity index is 429. The van der Waals surface area contributed by atoms with Gasteiger partial charge in [0.1, 0.15) is 0 Å². The second kappa shape index (κ2) is 6.25. The summed E-state index contributed by atoms with van der Waals surface area (Å²) in [5.74, 6) is 0. The minimum atomic E-state index is 0.473. The number of hydrogen-bond donors (Lipinski definition) is 1. The SMILES string of the molecule is CCn1nc(C)c(Cl)c1CN1C(C)CCCC1CN. The third-order valence-electron chi connectivity index (χ3n) is 4.25. The molecule has 0 amide bonds. The molecule has 0 spiro atoms. The summed E-state index contributed by atoms with van der Waals surface area (Å²) in [6, 6.07) is 1.04. The first-order valence-corrected chi connectivity index (χ1v) is 7.63. The highest BCUT2D eigenvalue weighted by molar-refractivity contribution is 6.31. The molecule has 0 aromatic carbocycles. The Hall–Kier alpha value is -0.580. The Kier molecular flexibility index (Phi) is 4.87. The molecule has 1 aliphatic rings. The second-order valence-electron chi connectivity index (χ2n) is 5.50. The zero-order valence-electron chi connectivity index (χ0n) is 12.2. The van der Waals surface area contributed by atoms with Gasteiger partial charge in [-0.15, -0.1) is 0 Å². The van der Waals surface area contributed by atoms with E-state index in [0.29, 0.717) is 12.1 Å². The molecule has 2 rings (SSSR count). The first kappa shape index (κ1) is 14.8. The van der Waals surface area contributed by atoms with Gasteiger partial charge in [-0.05, 0) is 33.6 Å². The van der Waals surface area contributed by atoms with Gasteiger partial charge in [0.15, 0.2) is 0 Å². The average Bonchev–Trinajstić information content (AvgIpc) is 2.68. The van der Waals surface area contributed by atoms with Crippen LogP contribution in [0.25, 0.3) is 0 Å². The van der Waals surface area contributed by atoms with Crippen LogP contribution in [0.1, 0.15) is 44.5 Å². The molecule has 1 aliphatic heterocycles. The number of halogens is 1. The molecule has 2 heterocycles. The Labute approximate surface area is 120 Å². The fourth-order valence-corrected chi connectivity index (χ4v) is 3.27. The smallest absolute Gasteiger partial charge is 0.0860 e. The Balaban J connectivity index is 2.23. The molecular formula is C14H25ClN4. The Morgan fingerprint density at radius 2 is 2.16 bits per heavy atom. The van der Waals surface area contributed by atoms with Gasteiger partial charge in [0, 0.05) is 31.7 Å². The monoisotopic (exact) mass is 284 g/mol. The van der Waals surface area contributed by atoms with Crippen molar-refractivity contribution in [2.75, 3.05) is 6.54 Å². The number of likely N-dealkylation sites (tertiary alicyclic amines) is 1. The van der Waals surface area contributed by atoms with Gasteiger partial charge in [0.2, 0.25) is 0 Å². The molecule has 0 aliphatic carbocycles. The van der Waals surface area contributed by atoms with Crippen LogP contribution in [0.3, 0.4) is 0 Å². The van der Waals surface area contributed by atoms with Crippen LogP contribution >= 0.6 is 11.6 Å². The predicted molar refractivity (Wildman–Crippen MR) is 79.3 cm³/mol. The maximum Gasteiger partial charge on any atom is 0.0860 e. The molecule has 2 atom stereocenters. The minimum Gasteiger partial charge on any atom is -0.329 e. The van der Waals surface area contributed by atoms with E-state index in [1.165, 1.54) is 19.3 Å². The van der Waals surface area contributed by atoms with Crippen molar-refractivity contribution >= 4 is 11.6 Å². The lowest BCUT2D eigenvalue weighted by atomic mass is 9.96. The van der Waals surface area contributed by atoms with Crippen LogP contribution in [-0.2, 0) is 13.1 Å². The number of rotatable bonds is 4. The lowest BCUT2D eigenvalue weighted by molar-refractivity contribution is 0.0862. The molecule has 2 unspecified atom stereocenters. The molecule has 5 heteroatoms. The Morgan fingerprint density at radius 1 is 1.42 bits per heavy atom. The maximum absolute atomic E-state index is 6.41. The zero-order chi connectivity index (χ0) is 14.0. The van der Waals surface area contributed by atoms with E-state index in [0.717, 1.165) is 36.0 Å². The van der Waals surface area contributed by atoms with Gasteiger partial charge < -0.3 is 5.73 Å². The van der Waals surface area contributed by atoms with Gasteiger partial charge >= 0.3 is 0 Å². The average molecular weight is 285 g/mol. The molecular weight excluding hydrogens is 260 g/mol. The highest BCUT2D eigenvalue weighted by atomic mass is 35.5. The summed E-state index contributed by atoms with van der Waals surface area (Å²) in [5, 5.41) is 5.31. The molecule has 1 fully saturated rings. The van der Waals surface area contributed by atoms with E-state index in [1.54, 1.807) is 0 Å². The zero-order valence-corrected chi connectivity index (χ0v) is 13.0. The van der Waals surface area contributed by atoms with Crippen molar-refractivity contribution in [3.63, 3.8) is 0 Å². The highest BCUT2D eigenvalue weighted by Crippen LogP contribution is 2.28. The first-order valence-electron chi connectivity index (χ1n) is 7.26. The van der Waals surface area contributed by atoms with E-state index in [4.69, 9.17) is 17.3 Å². The normalized spacial score (nSPS) is 24.9. The van der Waals surface area contributed by atoms with Gasteiger partial charge in [0.05, 0.1) is 16.4 Å². The summed E-state index contributed by atoms with van der Waals surface area (Å²) in [6.07, 6.45) is 3.71. The van der Waals surface area contributed by atoms with Gasteiger partial charge in [-0.3, -0.25) is 9.58 Å². The van der Waals surface area contributed by atoms with Crippen LogP contribution in [0.5, 0.6) is 0 Å². The number of aromatic nitrogens is 2. The molecule has 0 saturated carbocycles. The van der Waals surface area contributed by atoms with Crippen LogP contribution in [0.15, 0.2) is 0 Å². The van der Waals surface area contributed by atoms with Crippen molar-refractivity contribution in [2.24, 2.45) is 5.73 Å². The molecule has 2 N–H and O–H groups in total. The van der Waals surface area contributed by atoms with Gasteiger partial charge in [-0.2, -0.15) is 5.10 Å². The summed E-state index contributed by atoms with van der Waals surface area (Å²) in [6.45, 7) is 8.80. The molecule has 0 radical (unpaired) electrons. The van der Waals surface area contributed by atoms with Gasteiger partial charge in [0.25, 0.3) is 0 Å². The summed E-state index contributed by atoms with van der Waals surface area (Å²) in [5.41, 5.74) is 7.98. The third-order valence-corrected chi connectivity index (χ3v) is 4.74. The molecule has 108 valence electrons. The first-order chi connectivity index (χ1) is 9.08. The second-order valence-corrected chi connectivity index (χ2v) is 5.88. The number of nitrogens with zero attached hydrogens (tertiary/aromatic N) is 3. The standard InChI is InChI=1S/C14H25ClN4/c1-4-19-13(14(15)11(3)17-19)9-18-10(2)6-5-7-12(18)8-16/h10,12H,4-9,16H2,1-3H3. The fraction of sp³-hybridized carbons (Fsp3) is 0.786. The van der Waals surface area contributed by atoms with Crippen molar-refractivity contribution < 1.29 is 0 Å². The number of hydrogen-bond acceptors (Lipinski definition) is 3. The van der Waals surface area contributed by atoms with Crippen molar-refractivity contribution in [3.8, 4) is 0 Å². The molecule has 4 nitrogen and oxygen atoms in total. The van der Waals surface area contributed by atoms with Crippen molar-refractivity contribution in [2.45, 2.75) is 65.2 Å². The number of piperidine rings is 1. The van der Waals surface area contributed by atoms with E-state index in [1.807, 2.05) is 11.6 Å². The quantitative estimate of drug-likeness (QED) is 0.924. The molecule has 1 aromatic rings. The number of nitrogens with two attached hydrogens (primary N) is 1.